The van der Waals surface area contributed by atoms with E-state index in [2.05, 4.69) is 5.32 Å². The van der Waals surface area contributed by atoms with Crippen molar-refractivity contribution >= 4 is 29.2 Å². The summed E-state index contributed by atoms with van der Waals surface area (Å²) in [6, 6.07) is 11.1. The highest BCUT2D eigenvalue weighted by Gasteiger charge is 2.24. The van der Waals surface area contributed by atoms with Crippen molar-refractivity contribution in [3.63, 3.8) is 0 Å². The minimum Gasteiger partial charge on any atom is -0.550 e. The van der Waals surface area contributed by atoms with E-state index in [0.717, 1.165) is 6.07 Å². The smallest absolute Gasteiger partial charge is 0.269 e. The van der Waals surface area contributed by atoms with Crippen molar-refractivity contribution in [2.75, 3.05) is 0 Å². The fourth-order valence-corrected chi connectivity index (χ4v) is 2.61. The Morgan fingerprint density at radius 2 is 1.89 bits per heavy atom. The third-order valence-corrected chi connectivity index (χ3v) is 4.02. The summed E-state index contributed by atoms with van der Waals surface area (Å²) < 4.78 is 5.49. The van der Waals surface area contributed by atoms with Gasteiger partial charge in [-0.2, -0.15) is 0 Å². The molecule has 2 aromatic carbocycles. The molecule has 0 unspecified atom stereocenters. The van der Waals surface area contributed by atoms with Gasteiger partial charge in [-0.25, -0.2) is 0 Å². The van der Waals surface area contributed by atoms with Crippen LogP contribution >= 0.6 is 11.6 Å². The van der Waals surface area contributed by atoms with Crippen LogP contribution in [0.2, 0.25) is 5.02 Å². The van der Waals surface area contributed by atoms with E-state index in [1.165, 1.54) is 19.1 Å². The number of hydrogen-bond acceptors (Lipinski definition) is 6. The van der Waals surface area contributed by atoms with E-state index < -0.39 is 35.4 Å². The molecule has 0 saturated carbocycles. The number of carboxylic acid groups (broad SMARTS) is 1. The van der Waals surface area contributed by atoms with Crippen molar-refractivity contribution < 1.29 is 24.4 Å². The molecule has 0 aliphatic carbocycles. The third kappa shape index (κ3) is 5.68. The number of nitrogens with zero attached hydrogens (tertiary/aromatic N) is 1. The SMILES string of the molecule is C[C@H](Oc1ccccc1)C(=O)N[C@H](CC(=O)[O-])c1cc([N+](=O)[O-])ccc1Cl. The lowest BCUT2D eigenvalue weighted by molar-refractivity contribution is -0.385. The fraction of sp³-hybridized carbons (Fsp3) is 0.222. The Labute approximate surface area is 159 Å². The Morgan fingerprint density at radius 1 is 1.22 bits per heavy atom. The summed E-state index contributed by atoms with van der Waals surface area (Å²) >= 11 is 6.05. The van der Waals surface area contributed by atoms with E-state index in [1.807, 2.05) is 0 Å². The summed E-state index contributed by atoms with van der Waals surface area (Å²) in [6.07, 6.45) is -1.54. The van der Waals surface area contributed by atoms with Gasteiger partial charge in [-0.1, -0.05) is 29.8 Å². The molecule has 0 spiro atoms. The van der Waals surface area contributed by atoms with Crippen LogP contribution in [-0.2, 0) is 9.59 Å². The average molecular weight is 392 g/mol. The topological polar surface area (TPSA) is 122 Å². The molecule has 0 fully saturated rings. The van der Waals surface area contributed by atoms with Crippen LogP contribution in [0.3, 0.4) is 0 Å². The fourth-order valence-electron chi connectivity index (χ4n) is 2.36. The predicted octanol–water partition coefficient (Wildman–Crippen LogP) is 2.01. The Kier molecular flexibility index (Phi) is 6.73. The third-order valence-electron chi connectivity index (χ3n) is 3.68. The molecule has 0 saturated heterocycles. The number of hydrogen-bond donors (Lipinski definition) is 1. The lowest BCUT2D eigenvalue weighted by Gasteiger charge is -2.23. The molecule has 1 N–H and O–H groups in total. The number of rotatable bonds is 8. The van der Waals surface area contributed by atoms with Gasteiger partial charge in [-0.15, -0.1) is 0 Å². The molecular formula is C18H16ClN2O6-. The summed E-state index contributed by atoms with van der Waals surface area (Å²) in [4.78, 5) is 33.8. The number of non-ortho nitro benzene ring substituents is 1. The van der Waals surface area contributed by atoms with E-state index >= 15 is 0 Å². The normalized spacial score (nSPS) is 12.7. The quantitative estimate of drug-likeness (QED) is 0.542. The van der Waals surface area contributed by atoms with Gasteiger partial charge in [0.15, 0.2) is 6.10 Å². The molecule has 1 amide bonds. The maximum atomic E-state index is 12.4. The molecule has 2 aromatic rings. The van der Waals surface area contributed by atoms with Gasteiger partial charge < -0.3 is 20.0 Å². The van der Waals surface area contributed by atoms with Crippen LogP contribution in [0.5, 0.6) is 5.75 Å². The zero-order chi connectivity index (χ0) is 20.0. The van der Waals surface area contributed by atoms with Crippen molar-refractivity contribution in [1.82, 2.24) is 5.32 Å². The number of aliphatic carboxylic acids is 1. The summed E-state index contributed by atoms with van der Waals surface area (Å²) in [5, 5.41) is 24.6. The average Bonchev–Trinajstić information content (AvgIpc) is 2.61. The number of amides is 1. The first-order valence-electron chi connectivity index (χ1n) is 7.93. The minimum absolute atomic E-state index is 0.0868. The van der Waals surface area contributed by atoms with Crippen LogP contribution in [0.1, 0.15) is 24.9 Å². The Bertz CT molecular complexity index is 843. The highest BCUT2D eigenvalue weighted by molar-refractivity contribution is 6.31. The molecule has 2 rings (SSSR count). The number of para-hydroxylation sites is 1. The number of carboxylic acids is 1. The molecule has 27 heavy (non-hydrogen) atoms. The van der Waals surface area contributed by atoms with Crippen LogP contribution < -0.4 is 15.2 Å². The lowest BCUT2D eigenvalue weighted by Crippen LogP contribution is -2.40. The van der Waals surface area contributed by atoms with Crippen molar-refractivity contribution in [2.24, 2.45) is 0 Å². The molecular weight excluding hydrogens is 376 g/mol. The largest absolute Gasteiger partial charge is 0.550 e. The number of carbonyl (C=O) groups excluding carboxylic acids is 2. The van der Waals surface area contributed by atoms with Gasteiger partial charge in [0.05, 0.1) is 11.0 Å². The van der Waals surface area contributed by atoms with Gasteiger partial charge in [0.25, 0.3) is 11.6 Å². The molecule has 0 aliphatic rings. The second-order valence-corrected chi connectivity index (χ2v) is 6.08. The molecule has 0 bridgehead atoms. The second kappa shape index (κ2) is 9.00. The number of carbonyl (C=O) groups is 2. The van der Waals surface area contributed by atoms with Crippen LogP contribution in [0.25, 0.3) is 0 Å². The van der Waals surface area contributed by atoms with Crippen molar-refractivity contribution in [1.29, 1.82) is 0 Å². The standard InChI is InChI=1S/C18H17ClN2O6/c1-11(27-13-5-3-2-4-6-13)18(24)20-16(10-17(22)23)14-9-12(21(25)26)7-8-15(14)19/h2-9,11,16H,10H2,1H3,(H,20,24)(H,22,23)/p-1/t11-,16+/m0/s1. The van der Waals surface area contributed by atoms with Crippen molar-refractivity contribution in [2.45, 2.75) is 25.5 Å². The van der Waals surface area contributed by atoms with Gasteiger partial charge in [0.2, 0.25) is 0 Å². The maximum Gasteiger partial charge on any atom is 0.269 e. The van der Waals surface area contributed by atoms with Crippen molar-refractivity contribution in [3.8, 4) is 5.75 Å². The van der Waals surface area contributed by atoms with E-state index in [9.17, 15) is 24.8 Å². The number of ether oxygens (including phenoxy) is 1. The number of benzene rings is 2. The molecule has 0 aromatic heterocycles. The number of nitro benzene ring substituents is 1. The predicted molar refractivity (Wildman–Crippen MR) is 95.1 cm³/mol. The second-order valence-electron chi connectivity index (χ2n) is 5.67. The monoisotopic (exact) mass is 391 g/mol. The molecule has 2 atom stereocenters. The van der Waals surface area contributed by atoms with Gasteiger partial charge in [-0.3, -0.25) is 14.9 Å². The van der Waals surface area contributed by atoms with E-state index in [0.29, 0.717) is 5.75 Å². The van der Waals surface area contributed by atoms with Gasteiger partial charge in [0.1, 0.15) is 5.75 Å². The van der Waals surface area contributed by atoms with Crippen molar-refractivity contribution in [3.05, 3.63) is 69.2 Å². The molecule has 9 heteroatoms. The van der Waals surface area contributed by atoms with E-state index in [4.69, 9.17) is 16.3 Å². The molecule has 0 heterocycles. The highest BCUT2D eigenvalue weighted by atomic mass is 35.5. The summed E-state index contributed by atoms with van der Waals surface area (Å²) in [7, 11) is 0. The number of nitrogens with one attached hydrogen (secondary N) is 1. The van der Waals surface area contributed by atoms with Crippen LogP contribution in [0.15, 0.2) is 48.5 Å². The van der Waals surface area contributed by atoms with Gasteiger partial charge >= 0.3 is 0 Å². The van der Waals surface area contributed by atoms with Crippen LogP contribution in [-0.4, -0.2) is 22.9 Å². The van der Waals surface area contributed by atoms with Gasteiger partial charge in [-0.05, 0) is 25.1 Å². The zero-order valence-electron chi connectivity index (χ0n) is 14.3. The Balaban J connectivity index is 2.21. The Hall–Kier alpha value is -3.13. The van der Waals surface area contributed by atoms with E-state index in [1.54, 1.807) is 30.3 Å². The molecule has 142 valence electrons. The minimum atomic E-state index is -1.44. The summed E-state index contributed by atoms with van der Waals surface area (Å²) in [6.45, 7) is 1.49. The number of halogens is 1. The van der Waals surface area contributed by atoms with E-state index in [-0.39, 0.29) is 16.3 Å². The maximum absolute atomic E-state index is 12.4. The zero-order valence-corrected chi connectivity index (χ0v) is 15.0. The first kappa shape index (κ1) is 20.2. The first-order chi connectivity index (χ1) is 12.8. The summed E-state index contributed by atoms with van der Waals surface area (Å²) in [5.74, 6) is -1.59. The first-order valence-corrected chi connectivity index (χ1v) is 8.31. The molecule has 0 radical (unpaired) electrons. The highest BCUT2D eigenvalue weighted by Crippen LogP contribution is 2.29. The van der Waals surface area contributed by atoms with Crippen LogP contribution in [0.4, 0.5) is 5.69 Å². The van der Waals surface area contributed by atoms with Gasteiger partial charge in [0, 0.05) is 35.1 Å². The number of nitro groups is 1. The molecule has 0 aliphatic heterocycles. The summed E-state index contributed by atoms with van der Waals surface area (Å²) in [5.41, 5.74) is -0.170. The molecule has 8 nitrogen and oxygen atoms in total. The van der Waals surface area contributed by atoms with Crippen LogP contribution in [0, 0.1) is 10.1 Å². The lowest BCUT2D eigenvalue weighted by atomic mass is 10.0. The Morgan fingerprint density at radius 3 is 2.48 bits per heavy atom.